The van der Waals surface area contributed by atoms with Crippen molar-refractivity contribution in [3.05, 3.63) is 34.3 Å². The molecule has 1 amide bonds. The zero-order valence-corrected chi connectivity index (χ0v) is 14.4. The van der Waals surface area contributed by atoms with Crippen LogP contribution in [0.1, 0.15) is 11.5 Å². The van der Waals surface area contributed by atoms with E-state index in [1.165, 1.54) is 4.31 Å². The molecule has 6 nitrogen and oxygen atoms in total. The molecule has 0 radical (unpaired) electrons. The normalized spacial score (nSPS) is 29.1. The van der Waals surface area contributed by atoms with Crippen molar-refractivity contribution in [1.29, 1.82) is 0 Å². The molecule has 22 heavy (non-hydrogen) atoms. The van der Waals surface area contributed by atoms with Crippen molar-refractivity contribution in [3.8, 4) is 0 Å². The smallest absolute Gasteiger partial charge is 0.238 e. The summed E-state index contributed by atoms with van der Waals surface area (Å²) in [6.45, 7) is 0.0164. The highest BCUT2D eigenvalue weighted by atomic mass is 79.9. The summed E-state index contributed by atoms with van der Waals surface area (Å²) < 4.78 is 25.7. The van der Waals surface area contributed by atoms with Crippen LogP contribution in [0.25, 0.3) is 0 Å². The topological polar surface area (TPSA) is 77.9 Å². The number of hydrogen-bond acceptors (Lipinski definition) is 4. The summed E-state index contributed by atoms with van der Waals surface area (Å²) in [5.74, 6) is -0.291. The Morgan fingerprint density at radius 2 is 1.95 bits per heavy atom. The Morgan fingerprint density at radius 3 is 2.50 bits per heavy atom. The van der Waals surface area contributed by atoms with Gasteiger partial charge in [-0.3, -0.25) is 4.79 Å². The number of amides is 1. The molecule has 8 heteroatoms. The lowest BCUT2D eigenvalue weighted by atomic mass is 9.74. The van der Waals surface area contributed by atoms with Gasteiger partial charge in [0.25, 0.3) is 0 Å². The fraction of sp³-hybridized carbons (Fsp3) is 0.500. The molecule has 0 aromatic heterocycles. The van der Waals surface area contributed by atoms with Crippen LogP contribution in [0.5, 0.6) is 0 Å². The molecule has 0 aliphatic carbocycles. The van der Waals surface area contributed by atoms with E-state index in [1.54, 1.807) is 4.90 Å². The lowest BCUT2D eigenvalue weighted by Crippen LogP contribution is -2.73. The van der Waals surface area contributed by atoms with Crippen LogP contribution in [0.15, 0.2) is 28.7 Å². The zero-order chi connectivity index (χ0) is 16.1. The molecule has 1 N–H and O–H groups in total. The first-order valence-corrected chi connectivity index (χ1v) is 9.59. The van der Waals surface area contributed by atoms with Crippen LogP contribution < -0.4 is 0 Å². The third-order valence-electron chi connectivity index (χ3n) is 4.44. The van der Waals surface area contributed by atoms with Crippen molar-refractivity contribution in [1.82, 2.24) is 9.21 Å². The highest BCUT2D eigenvalue weighted by Gasteiger charge is 2.54. The maximum Gasteiger partial charge on any atom is 0.238 e. The van der Waals surface area contributed by atoms with Gasteiger partial charge in [-0.05, 0) is 17.7 Å². The molecule has 3 rings (SSSR count). The Kier molecular flexibility index (Phi) is 4.05. The maximum absolute atomic E-state index is 12.2. The van der Waals surface area contributed by atoms with Crippen molar-refractivity contribution in [2.24, 2.45) is 0 Å². The first kappa shape index (κ1) is 15.9. The van der Waals surface area contributed by atoms with E-state index in [0.29, 0.717) is 0 Å². The van der Waals surface area contributed by atoms with Gasteiger partial charge in [0.1, 0.15) is 0 Å². The standard InChI is InChI=1S/C14H17BrN2O4S/c1-22(20,21)16-6-11-14(9-2-4-10(15)5-3-9)12(8-18)17(11)13(19)7-16/h2-5,11-12,14,18H,6-8H2,1H3/t11-,12-,14+/m1/s1. The molecule has 2 heterocycles. The first-order chi connectivity index (χ1) is 10.3. The molecule has 1 aromatic rings. The Morgan fingerprint density at radius 1 is 1.32 bits per heavy atom. The van der Waals surface area contributed by atoms with Gasteiger partial charge in [-0.1, -0.05) is 28.1 Å². The quantitative estimate of drug-likeness (QED) is 0.811. The van der Waals surface area contributed by atoms with Gasteiger partial charge < -0.3 is 10.0 Å². The number of sulfonamides is 1. The predicted molar refractivity (Wildman–Crippen MR) is 84.8 cm³/mol. The third-order valence-corrected chi connectivity index (χ3v) is 6.19. The number of hydrogen-bond donors (Lipinski definition) is 1. The molecule has 0 bridgehead atoms. The van der Waals surface area contributed by atoms with Crippen molar-refractivity contribution in [3.63, 3.8) is 0 Å². The number of carbonyl (C=O) groups excluding carboxylic acids is 1. The van der Waals surface area contributed by atoms with E-state index in [4.69, 9.17) is 0 Å². The van der Waals surface area contributed by atoms with Crippen LogP contribution in [0.3, 0.4) is 0 Å². The Bertz CT molecular complexity index is 691. The summed E-state index contributed by atoms with van der Waals surface area (Å²) in [5, 5.41) is 9.62. The maximum atomic E-state index is 12.2. The van der Waals surface area contributed by atoms with Crippen LogP contribution in [-0.2, 0) is 14.8 Å². The van der Waals surface area contributed by atoms with E-state index in [-0.39, 0.29) is 43.6 Å². The van der Waals surface area contributed by atoms with Crippen molar-refractivity contribution in [2.45, 2.75) is 18.0 Å². The molecule has 0 saturated carbocycles. The Labute approximate surface area is 137 Å². The van der Waals surface area contributed by atoms with Gasteiger partial charge in [-0.2, -0.15) is 4.31 Å². The molecule has 1 aromatic carbocycles. The minimum Gasteiger partial charge on any atom is -0.394 e. The van der Waals surface area contributed by atoms with Crippen molar-refractivity contribution >= 4 is 31.9 Å². The summed E-state index contributed by atoms with van der Waals surface area (Å²) in [4.78, 5) is 13.8. The van der Waals surface area contributed by atoms with E-state index < -0.39 is 10.0 Å². The molecule has 0 spiro atoms. The molecular formula is C14H17BrN2O4S. The van der Waals surface area contributed by atoms with Crippen LogP contribution in [0.4, 0.5) is 0 Å². The average molecular weight is 389 g/mol. The molecular weight excluding hydrogens is 372 g/mol. The minimum atomic E-state index is -3.40. The van der Waals surface area contributed by atoms with E-state index >= 15 is 0 Å². The van der Waals surface area contributed by atoms with Gasteiger partial charge in [0.15, 0.2) is 0 Å². The number of rotatable bonds is 3. The van der Waals surface area contributed by atoms with E-state index in [0.717, 1.165) is 16.3 Å². The van der Waals surface area contributed by atoms with Crippen LogP contribution in [0.2, 0.25) is 0 Å². The SMILES string of the molecule is CS(=O)(=O)N1CC(=O)N2[C@H](CO)[C@@H](c3ccc(Br)cc3)[C@H]2C1. The molecule has 120 valence electrons. The summed E-state index contributed by atoms with van der Waals surface area (Å²) in [5.41, 5.74) is 1.01. The van der Waals surface area contributed by atoms with Gasteiger partial charge in [0, 0.05) is 16.9 Å². The average Bonchev–Trinajstić information content (AvgIpc) is 2.42. The number of benzene rings is 1. The monoisotopic (exact) mass is 388 g/mol. The summed E-state index contributed by atoms with van der Waals surface area (Å²) in [6.07, 6.45) is 1.12. The van der Waals surface area contributed by atoms with Crippen LogP contribution in [-0.4, -0.2) is 66.7 Å². The van der Waals surface area contributed by atoms with E-state index in [1.807, 2.05) is 24.3 Å². The van der Waals surface area contributed by atoms with Gasteiger partial charge in [-0.15, -0.1) is 0 Å². The molecule has 2 aliphatic rings. The number of fused-ring (bicyclic) bond motifs is 1. The second kappa shape index (κ2) is 5.59. The van der Waals surface area contributed by atoms with E-state index in [2.05, 4.69) is 15.9 Å². The van der Waals surface area contributed by atoms with Crippen LogP contribution >= 0.6 is 15.9 Å². The van der Waals surface area contributed by atoms with Crippen molar-refractivity contribution in [2.75, 3.05) is 26.0 Å². The lowest BCUT2D eigenvalue weighted by molar-refractivity contribution is -0.158. The largest absolute Gasteiger partial charge is 0.394 e. The van der Waals surface area contributed by atoms with E-state index in [9.17, 15) is 18.3 Å². The fourth-order valence-electron chi connectivity index (χ4n) is 3.41. The number of aliphatic hydroxyl groups is 1. The number of aliphatic hydroxyl groups excluding tert-OH is 1. The summed E-state index contributed by atoms with van der Waals surface area (Å²) >= 11 is 3.38. The Hall–Kier alpha value is -0.960. The number of halogens is 1. The third kappa shape index (κ3) is 2.58. The zero-order valence-electron chi connectivity index (χ0n) is 12.0. The highest BCUT2D eigenvalue weighted by molar-refractivity contribution is 9.10. The number of nitrogens with zero attached hydrogens (tertiary/aromatic N) is 2. The van der Waals surface area contributed by atoms with Gasteiger partial charge in [0.2, 0.25) is 15.9 Å². The van der Waals surface area contributed by atoms with Crippen LogP contribution in [0, 0.1) is 0 Å². The number of carbonyl (C=O) groups is 1. The fourth-order valence-corrected chi connectivity index (χ4v) is 4.44. The molecule has 2 aliphatic heterocycles. The summed E-state index contributed by atoms with van der Waals surface area (Å²) in [7, 11) is -3.40. The Balaban J connectivity index is 1.91. The summed E-state index contributed by atoms with van der Waals surface area (Å²) in [6, 6.07) is 7.21. The minimum absolute atomic E-state index is 0.0494. The van der Waals surface area contributed by atoms with Gasteiger partial charge in [0.05, 0.1) is 31.5 Å². The molecule has 2 saturated heterocycles. The number of piperazine rings is 1. The molecule has 2 fully saturated rings. The second-order valence-corrected chi connectivity index (χ2v) is 8.65. The van der Waals surface area contributed by atoms with Gasteiger partial charge in [-0.25, -0.2) is 8.42 Å². The molecule has 3 atom stereocenters. The highest BCUT2D eigenvalue weighted by Crippen LogP contribution is 2.43. The second-order valence-electron chi connectivity index (χ2n) is 5.75. The lowest BCUT2D eigenvalue weighted by Gasteiger charge is -2.58. The van der Waals surface area contributed by atoms with Gasteiger partial charge >= 0.3 is 0 Å². The van der Waals surface area contributed by atoms with Crippen molar-refractivity contribution < 1.29 is 18.3 Å². The molecule has 0 unspecified atom stereocenters. The first-order valence-electron chi connectivity index (χ1n) is 6.95. The predicted octanol–water partition coefficient (Wildman–Crippen LogP) is 0.380.